The quantitative estimate of drug-likeness (QED) is 0.569. The third kappa shape index (κ3) is 5.17. The summed E-state index contributed by atoms with van der Waals surface area (Å²) < 4.78 is 0. The lowest BCUT2D eigenvalue weighted by atomic mass is 9.97. The fourth-order valence-corrected chi connectivity index (χ4v) is 4.14. The fourth-order valence-electron chi connectivity index (χ4n) is 3.43. The lowest BCUT2D eigenvalue weighted by Gasteiger charge is -2.35. The van der Waals surface area contributed by atoms with E-state index in [1.165, 1.54) is 16.7 Å². The number of hydrogen-bond donors (Lipinski definition) is 2. The predicted octanol–water partition coefficient (Wildman–Crippen LogP) is 2.88. The molecule has 1 atom stereocenters. The summed E-state index contributed by atoms with van der Waals surface area (Å²) in [5.41, 5.74) is 3.93. The number of unbranched alkanes of at least 4 members (excludes halogenated alkanes) is 1. The Labute approximate surface area is 164 Å². The molecule has 2 aromatic rings. The van der Waals surface area contributed by atoms with Crippen molar-refractivity contribution in [3.05, 3.63) is 57.8 Å². The summed E-state index contributed by atoms with van der Waals surface area (Å²) >= 11 is 1.65. The van der Waals surface area contributed by atoms with Crippen LogP contribution in [-0.4, -0.2) is 36.3 Å². The Morgan fingerprint density at radius 1 is 1.15 bits per heavy atom. The first-order chi connectivity index (χ1) is 13.2. The van der Waals surface area contributed by atoms with Gasteiger partial charge in [-0.25, -0.2) is 0 Å². The van der Waals surface area contributed by atoms with Gasteiger partial charge >= 0.3 is 11.8 Å². The highest BCUT2D eigenvalue weighted by Crippen LogP contribution is 2.28. The Morgan fingerprint density at radius 2 is 1.93 bits per heavy atom. The number of thiophene rings is 1. The molecule has 0 fully saturated rings. The Bertz CT molecular complexity index is 761. The number of nitrogens with zero attached hydrogens (tertiary/aromatic N) is 1. The zero-order valence-electron chi connectivity index (χ0n) is 15.7. The third-order valence-corrected chi connectivity index (χ3v) is 5.71. The first kappa shape index (κ1) is 19.6. The fraction of sp³-hybridized carbons (Fsp3) is 0.429. The van der Waals surface area contributed by atoms with Gasteiger partial charge in [0.2, 0.25) is 0 Å². The monoisotopic (exact) mass is 385 g/mol. The van der Waals surface area contributed by atoms with Crippen LogP contribution in [0.25, 0.3) is 0 Å². The molecule has 1 aromatic carbocycles. The van der Waals surface area contributed by atoms with Crippen LogP contribution in [0, 0.1) is 0 Å². The molecule has 3 rings (SSSR count). The average Bonchev–Trinajstić information content (AvgIpc) is 3.22. The maximum atomic E-state index is 12.2. The van der Waals surface area contributed by atoms with Crippen molar-refractivity contribution in [3.8, 4) is 0 Å². The normalized spacial score (nSPS) is 15.0. The minimum Gasteiger partial charge on any atom is -0.348 e. The van der Waals surface area contributed by atoms with Crippen molar-refractivity contribution in [2.45, 2.75) is 38.8 Å². The van der Waals surface area contributed by atoms with Crippen LogP contribution < -0.4 is 10.6 Å². The summed E-state index contributed by atoms with van der Waals surface area (Å²) in [7, 11) is 0. The summed E-state index contributed by atoms with van der Waals surface area (Å²) in [5, 5.41) is 9.68. The zero-order chi connectivity index (χ0) is 19.1. The van der Waals surface area contributed by atoms with Crippen LogP contribution in [0.1, 0.15) is 42.5 Å². The molecule has 2 N–H and O–H groups in total. The molecule has 5 nitrogen and oxygen atoms in total. The molecule has 0 spiro atoms. The Hall–Kier alpha value is -2.18. The van der Waals surface area contributed by atoms with Gasteiger partial charge in [0, 0.05) is 26.2 Å². The van der Waals surface area contributed by atoms with Crippen LogP contribution in [0.2, 0.25) is 0 Å². The van der Waals surface area contributed by atoms with Gasteiger partial charge in [0.1, 0.15) is 0 Å². The maximum Gasteiger partial charge on any atom is 0.309 e. The molecule has 2 heterocycles. The number of amides is 2. The van der Waals surface area contributed by atoms with E-state index >= 15 is 0 Å². The van der Waals surface area contributed by atoms with Gasteiger partial charge in [-0.3, -0.25) is 14.5 Å². The molecule has 144 valence electrons. The first-order valence-corrected chi connectivity index (χ1v) is 10.5. The molecular formula is C21H27N3O2S. The molecule has 1 aliphatic heterocycles. The van der Waals surface area contributed by atoms with Crippen molar-refractivity contribution in [2.75, 3.05) is 19.6 Å². The van der Waals surface area contributed by atoms with Gasteiger partial charge in [0.25, 0.3) is 0 Å². The largest absolute Gasteiger partial charge is 0.348 e. The molecule has 6 heteroatoms. The molecule has 1 unspecified atom stereocenters. The third-order valence-electron chi connectivity index (χ3n) is 5.01. The molecule has 0 aliphatic carbocycles. The lowest BCUT2D eigenvalue weighted by Crippen LogP contribution is -2.45. The van der Waals surface area contributed by atoms with Crippen molar-refractivity contribution in [3.63, 3.8) is 0 Å². The van der Waals surface area contributed by atoms with E-state index in [-0.39, 0.29) is 6.04 Å². The van der Waals surface area contributed by atoms with Gasteiger partial charge in [-0.1, -0.05) is 37.6 Å². The van der Waals surface area contributed by atoms with E-state index in [1.807, 2.05) is 0 Å². The second-order valence-corrected chi connectivity index (χ2v) is 7.66. The standard InChI is InChI=1S/C21H27N3O2S/c1-2-3-10-22-20(25)21(26)23-13-19(18-9-12-27-15-18)24-11-8-16-6-4-5-7-17(16)14-24/h4-7,9,12,15,19H,2-3,8,10-11,13-14H2,1H3,(H,22,25)(H,23,26). The van der Waals surface area contributed by atoms with E-state index in [4.69, 9.17) is 0 Å². The number of fused-ring (bicyclic) bond motifs is 1. The molecule has 27 heavy (non-hydrogen) atoms. The van der Waals surface area contributed by atoms with E-state index in [0.29, 0.717) is 13.1 Å². The number of carbonyl (C=O) groups excluding carboxylic acids is 2. The topological polar surface area (TPSA) is 61.4 Å². The Morgan fingerprint density at radius 3 is 2.67 bits per heavy atom. The molecular weight excluding hydrogens is 358 g/mol. The maximum absolute atomic E-state index is 12.2. The van der Waals surface area contributed by atoms with Gasteiger partial charge in [-0.2, -0.15) is 11.3 Å². The number of hydrogen-bond acceptors (Lipinski definition) is 4. The smallest absolute Gasteiger partial charge is 0.309 e. The van der Waals surface area contributed by atoms with Crippen molar-refractivity contribution in [1.82, 2.24) is 15.5 Å². The molecule has 1 aromatic heterocycles. The minimum atomic E-state index is -0.552. The van der Waals surface area contributed by atoms with E-state index in [2.05, 4.69) is 63.5 Å². The SMILES string of the molecule is CCCCNC(=O)C(=O)NCC(c1ccsc1)N1CCc2ccccc2C1. The second-order valence-electron chi connectivity index (χ2n) is 6.88. The molecule has 0 saturated carbocycles. The molecule has 1 aliphatic rings. The highest BCUT2D eigenvalue weighted by molar-refractivity contribution is 7.08. The van der Waals surface area contributed by atoms with Crippen LogP contribution in [0.4, 0.5) is 0 Å². The van der Waals surface area contributed by atoms with E-state index < -0.39 is 11.8 Å². The van der Waals surface area contributed by atoms with Crippen LogP contribution >= 0.6 is 11.3 Å². The van der Waals surface area contributed by atoms with E-state index in [9.17, 15) is 9.59 Å². The Balaban J connectivity index is 1.63. The van der Waals surface area contributed by atoms with Crippen molar-refractivity contribution in [1.29, 1.82) is 0 Å². The molecule has 0 radical (unpaired) electrons. The zero-order valence-corrected chi connectivity index (χ0v) is 16.6. The van der Waals surface area contributed by atoms with E-state index in [0.717, 1.165) is 32.4 Å². The van der Waals surface area contributed by atoms with Crippen LogP contribution in [0.15, 0.2) is 41.1 Å². The lowest BCUT2D eigenvalue weighted by molar-refractivity contribution is -0.139. The summed E-state index contributed by atoms with van der Waals surface area (Å²) in [6, 6.07) is 10.7. The average molecular weight is 386 g/mol. The van der Waals surface area contributed by atoms with Crippen molar-refractivity contribution < 1.29 is 9.59 Å². The number of benzene rings is 1. The first-order valence-electron chi connectivity index (χ1n) is 9.58. The van der Waals surface area contributed by atoms with Crippen LogP contribution in [0.5, 0.6) is 0 Å². The van der Waals surface area contributed by atoms with Gasteiger partial charge in [0.05, 0.1) is 6.04 Å². The van der Waals surface area contributed by atoms with Gasteiger partial charge < -0.3 is 10.6 Å². The second kappa shape index (κ2) is 9.67. The van der Waals surface area contributed by atoms with Crippen molar-refractivity contribution >= 4 is 23.2 Å². The van der Waals surface area contributed by atoms with Crippen LogP contribution in [0.3, 0.4) is 0 Å². The summed E-state index contributed by atoms with van der Waals surface area (Å²) in [6.07, 6.45) is 2.87. The minimum absolute atomic E-state index is 0.0667. The van der Waals surface area contributed by atoms with Gasteiger partial charge in [-0.05, 0) is 46.4 Å². The highest BCUT2D eigenvalue weighted by Gasteiger charge is 2.26. The number of rotatable bonds is 7. The summed E-state index contributed by atoms with van der Waals surface area (Å²) in [5.74, 6) is -1.10. The summed E-state index contributed by atoms with van der Waals surface area (Å²) in [4.78, 5) is 26.5. The molecule has 0 bridgehead atoms. The highest BCUT2D eigenvalue weighted by atomic mass is 32.1. The van der Waals surface area contributed by atoms with Gasteiger partial charge in [-0.15, -0.1) is 0 Å². The number of nitrogens with one attached hydrogen (secondary N) is 2. The van der Waals surface area contributed by atoms with E-state index in [1.54, 1.807) is 11.3 Å². The molecule has 0 saturated heterocycles. The van der Waals surface area contributed by atoms with Gasteiger partial charge in [0.15, 0.2) is 0 Å². The summed E-state index contributed by atoms with van der Waals surface area (Å²) in [6.45, 7) is 4.82. The molecule has 2 amide bonds. The van der Waals surface area contributed by atoms with Crippen LogP contribution in [-0.2, 0) is 22.6 Å². The number of carbonyl (C=O) groups is 2. The predicted molar refractivity (Wildman–Crippen MR) is 109 cm³/mol. The Kier molecular flexibility index (Phi) is 7.01. The van der Waals surface area contributed by atoms with Crippen molar-refractivity contribution in [2.24, 2.45) is 0 Å².